The van der Waals surface area contributed by atoms with Crippen LogP contribution in [0.3, 0.4) is 0 Å². The summed E-state index contributed by atoms with van der Waals surface area (Å²) >= 11 is 0. The number of nitrogens with zero attached hydrogens (tertiary/aromatic N) is 1. The van der Waals surface area contributed by atoms with E-state index in [-0.39, 0.29) is 25.0 Å². The van der Waals surface area contributed by atoms with Crippen LogP contribution in [0.1, 0.15) is 12.0 Å². The van der Waals surface area contributed by atoms with Crippen LogP contribution in [0.2, 0.25) is 0 Å². The summed E-state index contributed by atoms with van der Waals surface area (Å²) in [6, 6.07) is 10.8. The summed E-state index contributed by atoms with van der Waals surface area (Å²) in [5.74, 6) is 1.83. The fraction of sp³-hybridized carbons (Fsp3) is 0.333. The van der Waals surface area contributed by atoms with Gasteiger partial charge < -0.3 is 29.2 Å². The van der Waals surface area contributed by atoms with Gasteiger partial charge in [-0.3, -0.25) is 9.59 Å². The van der Waals surface area contributed by atoms with Crippen LogP contribution in [-0.2, 0) is 16.1 Å². The Morgan fingerprint density at radius 2 is 1.97 bits per heavy atom. The Hall–Kier alpha value is -3.42. The number of benzene rings is 2. The fourth-order valence-corrected chi connectivity index (χ4v) is 3.51. The van der Waals surface area contributed by atoms with Gasteiger partial charge in [-0.1, -0.05) is 6.07 Å². The fourth-order valence-electron chi connectivity index (χ4n) is 3.51. The Kier molecular flexibility index (Phi) is 5.16. The van der Waals surface area contributed by atoms with E-state index in [4.69, 9.17) is 18.9 Å². The number of amides is 2. The number of rotatable bonds is 6. The van der Waals surface area contributed by atoms with Crippen molar-refractivity contribution in [1.29, 1.82) is 0 Å². The van der Waals surface area contributed by atoms with Crippen molar-refractivity contribution in [2.24, 2.45) is 5.92 Å². The van der Waals surface area contributed by atoms with Gasteiger partial charge in [0.1, 0.15) is 11.5 Å². The third-order valence-corrected chi connectivity index (χ3v) is 5.08. The number of carbonyl (C=O) groups is 2. The van der Waals surface area contributed by atoms with E-state index in [1.54, 1.807) is 30.2 Å². The summed E-state index contributed by atoms with van der Waals surface area (Å²) in [6.45, 7) is 0.862. The molecule has 2 aromatic rings. The van der Waals surface area contributed by atoms with Gasteiger partial charge >= 0.3 is 0 Å². The second kappa shape index (κ2) is 7.90. The van der Waals surface area contributed by atoms with E-state index >= 15 is 0 Å². The molecule has 0 bridgehead atoms. The average Bonchev–Trinajstić information content (AvgIpc) is 3.37. The van der Waals surface area contributed by atoms with Crippen LogP contribution in [0.4, 0.5) is 5.69 Å². The van der Waals surface area contributed by atoms with Crippen LogP contribution in [0.25, 0.3) is 0 Å². The van der Waals surface area contributed by atoms with Gasteiger partial charge in [0.25, 0.3) is 0 Å². The van der Waals surface area contributed by atoms with Crippen LogP contribution in [-0.4, -0.2) is 39.4 Å². The minimum absolute atomic E-state index is 0.114. The number of hydrogen-bond acceptors (Lipinski definition) is 6. The van der Waals surface area contributed by atoms with Gasteiger partial charge in [0, 0.05) is 25.6 Å². The molecule has 1 N–H and O–H groups in total. The zero-order chi connectivity index (χ0) is 20.4. The molecule has 0 radical (unpaired) electrons. The molecule has 29 heavy (non-hydrogen) atoms. The lowest BCUT2D eigenvalue weighted by Crippen LogP contribution is -2.32. The van der Waals surface area contributed by atoms with Crippen LogP contribution in [0, 0.1) is 5.92 Å². The lowest BCUT2D eigenvalue weighted by Gasteiger charge is -2.20. The smallest absolute Gasteiger partial charge is 0.231 e. The van der Waals surface area contributed by atoms with Crippen molar-refractivity contribution in [1.82, 2.24) is 5.32 Å². The second-order valence-electron chi connectivity index (χ2n) is 6.85. The molecule has 0 unspecified atom stereocenters. The van der Waals surface area contributed by atoms with Crippen molar-refractivity contribution in [3.8, 4) is 23.0 Å². The Labute approximate surface area is 168 Å². The maximum Gasteiger partial charge on any atom is 0.231 e. The SMILES string of the molecule is COc1ccc(N2C[C@H](C(=O)NCc3ccc4c(c3)OCO4)CC2=O)c(OC)c1. The molecule has 8 heteroatoms. The summed E-state index contributed by atoms with van der Waals surface area (Å²) in [6.07, 6.45) is 0.155. The molecule has 0 aliphatic carbocycles. The maximum atomic E-state index is 12.6. The zero-order valence-corrected chi connectivity index (χ0v) is 16.3. The van der Waals surface area contributed by atoms with Crippen molar-refractivity contribution in [3.05, 3.63) is 42.0 Å². The monoisotopic (exact) mass is 398 g/mol. The molecule has 4 rings (SSSR count). The molecule has 0 saturated carbocycles. The van der Waals surface area contributed by atoms with Crippen molar-refractivity contribution in [2.75, 3.05) is 32.5 Å². The highest BCUT2D eigenvalue weighted by molar-refractivity contribution is 6.01. The molecule has 0 aromatic heterocycles. The number of hydrogen-bond donors (Lipinski definition) is 1. The van der Waals surface area contributed by atoms with Gasteiger partial charge in [-0.25, -0.2) is 0 Å². The number of fused-ring (bicyclic) bond motifs is 1. The van der Waals surface area contributed by atoms with Crippen molar-refractivity contribution in [3.63, 3.8) is 0 Å². The molecule has 2 heterocycles. The Bertz CT molecular complexity index is 945. The molecule has 1 atom stereocenters. The van der Waals surface area contributed by atoms with Gasteiger partial charge in [-0.15, -0.1) is 0 Å². The van der Waals surface area contributed by atoms with Crippen molar-refractivity contribution < 1.29 is 28.5 Å². The van der Waals surface area contributed by atoms with Gasteiger partial charge in [-0.05, 0) is 29.8 Å². The number of methoxy groups -OCH3 is 2. The first-order chi connectivity index (χ1) is 14.1. The molecular weight excluding hydrogens is 376 g/mol. The van der Waals surface area contributed by atoms with Crippen LogP contribution in [0.5, 0.6) is 23.0 Å². The van der Waals surface area contributed by atoms with E-state index in [9.17, 15) is 9.59 Å². The van der Waals surface area contributed by atoms with Gasteiger partial charge in [-0.2, -0.15) is 0 Å². The summed E-state index contributed by atoms with van der Waals surface area (Å²) in [5.41, 5.74) is 1.53. The van der Waals surface area contributed by atoms with Crippen LogP contribution >= 0.6 is 0 Å². The van der Waals surface area contributed by atoms with E-state index in [0.717, 1.165) is 5.56 Å². The number of anilines is 1. The minimum atomic E-state index is -0.427. The zero-order valence-electron chi connectivity index (χ0n) is 16.3. The molecule has 1 fully saturated rings. The number of carbonyl (C=O) groups excluding carboxylic acids is 2. The highest BCUT2D eigenvalue weighted by Gasteiger charge is 2.36. The van der Waals surface area contributed by atoms with E-state index in [2.05, 4.69) is 5.32 Å². The predicted molar refractivity (Wildman–Crippen MR) is 104 cm³/mol. The average molecular weight is 398 g/mol. The normalized spacial score (nSPS) is 17.4. The topological polar surface area (TPSA) is 86.3 Å². The Morgan fingerprint density at radius 1 is 1.14 bits per heavy atom. The maximum absolute atomic E-state index is 12.6. The van der Waals surface area contributed by atoms with Gasteiger partial charge in [0.2, 0.25) is 18.6 Å². The van der Waals surface area contributed by atoms with Crippen LogP contribution < -0.4 is 29.2 Å². The summed E-state index contributed by atoms with van der Waals surface area (Å²) in [5, 5.41) is 2.91. The first kappa shape index (κ1) is 18.9. The molecule has 1 saturated heterocycles. The van der Waals surface area contributed by atoms with Crippen LogP contribution in [0.15, 0.2) is 36.4 Å². The largest absolute Gasteiger partial charge is 0.497 e. The number of nitrogens with one attached hydrogen (secondary N) is 1. The second-order valence-corrected chi connectivity index (χ2v) is 6.85. The molecule has 2 aromatic carbocycles. The quantitative estimate of drug-likeness (QED) is 0.802. The van der Waals surface area contributed by atoms with E-state index in [1.807, 2.05) is 18.2 Å². The molecule has 8 nitrogen and oxygen atoms in total. The minimum Gasteiger partial charge on any atom is -0.497 e. The van der Waals surface area contributed by atoms with Crippen molar-refractivity contribution in [2.45, 2.75) is 13.0 Å². The van der Waals surface area contributed by atoms with Crippen molar-refractivity contribution >= 4 is 17.5 Å². The Balaban J connectivity index is 1.40. The highest BCUT2D eigenvalue weighted by atomic mass is 16.7. The highest BCUT2D eigenvalue weighted by Crippen LogP contribution is 2.36. The van der Waals surface area contributed by atoms with E-state index in [0.29, 0.717) is 41.8 Å². The van der Waals surface area contributed by atoms with E-state index in [1.165, 1.54) is 7.11 Å². The molecule has 2 aliphatic heterocycles. The lowest BCUT2D eigenvalue weighted by atomic mass is 10.1. The van der Waals surface area contributed by atoms with Gasteiger partial charge in [0.05, 0.1) is 25.8 Å². The first-order valence-corrected chi connectivity index (χ1v) is 9.27. The summed E-state index contributed by atoms with van der Waals surface area (Å²) in [7, 11) is 3.10. The molecule has 2 amide bonds. The molecule has 2 aliphatic rings. The molecular formula is C21H22N2O6. The predicted octanol–water partition coefficient (Wildman–Crippen LogP) is 2.10. The number of ether oxygens (including phenoxy) is 4. The third-order valence-electron chi connectivity index (χ3n) is 5.08. The van der Waals surface area contributed by atoms with Gasteiger partial charge in [0.15, 0.2) is 11.5 Å². The standard InChI is InChI=1S/C21H22N2O6/c1-26-15-4-5-16(18(9-15)27-2)23-11-14(8-20(23)24)21(25)22-10-13-3-6-17-19(7-13)29-12-28-17/h3-7,9,14H,8,10-12H2,1-2H3,(H,22,25)/t14-/m1/s1. The van der Waals surface area contributed by atoms with E-state index < -0.39 is 5.92 Å². The molecule has 0 spiro atoms. The summed E-state index contributed by atoms with van der Waals surface area (Å²) in [4.78, 5) is 26.8. The Morgan fingerprint density at radius 3 is 2.76 bits per heavy atom. The summed E-state index contributed by atoms with van der Waals surface area (Å²) < 4.78 is 21.2. The first-order valence-electron chi connectivity index (χ1n) is 9.27. The third kappa shape index (κ3) is 3.78. The lowest BCUT2D eigenvalue weighted by molar-refractivity contribution is -0.126. The molecule has 152 valence electrons.